The summed E-state index contributed by atoms with van der Waals surface area (Å²) in [5.74, 6) is 0.337. The largest absolute Gasteiger partial charge is 0.486 e. The van der Waals surface area contributed by atoms with E-state index in [0.717, 1.165) is 0 Å². The average molecular weight is 381 g/mol. The molecule has 0 saturated carbocycles. The van der Waals surface area contributed by atoms with Gasteiger partial charge in [0.15, 0.2) is 11.5 Å². The Balaban J connectivity index is 1.72. The van der Waals surface area contributed by atoms with Crippen LogP contribution in [0.2, 0.25) is 0 Å². The van der Waals surface area contributed by atoms with Crippen LogP contribution in [-0.4, -0.2) is 24.2 Å². The highest BCUT2D eigenvalue weighted by atomic mass is 16.6. The zero-order valence-corrected chi connectivity index (χ0v) is 14.9. The standard InChI is InChI=1S/C20H15NO7/c1-9-4-16-18(20(24)27-9)11(7-17(22)28-16)12-5-10-6-14-15(26-3-2-25-14)8-13(10)21-19(12)23/h4-6,8,11H,2-3,7H2,1H3,(H,21,23)/t11-/m1/s1. The lowest BCUT2D eigenvalue weighted by molar-refractivity contribution is -0.135. The van der Waals surface area contributed by atoms with Crippen molar-refractivity contribution in [1.29, 1.82) is 0 Å². The third kappa shape index (κ3) is 2.57. The highest BCUT2D eigenvalue weighted by Crippen LogP contribution is 2.38. The number of hydrogen-bond acceptors (Lipinski definition) is 7. The molecule has 5 rings (SSSR count). The van der Waals surface area contributed by atoms with Gasteiger partial charge in [-0.15, -0.1) is 0 Å². The number of pyridine rings is 1. The van der Waals surface area contributed by atoms with Crippen LogP contribution >= 0.6 is 0 Å². The summed E-state index contributed by atoms with van der Waals surface area (Å²) in [7, 11) is 0. The third-order valence-corrected chi connectivity index (χ3v) is 4.93. The number of aromatic nitrogens is 1. The van der Waals surface area contributed by atoms with Gasteiger partial charge in [0.1, 0.15) is 24.7 Å². The zero-order chi connectivity index (χ0) is 19.4. The first-order valence-electron chi connectivity index (χ1n) is 8.81. The number of esters is 1. The molecule has 0 saturated heterocycles. The molecule has 2 aromatic heterocycles. The van der Waals surface area contributed by atoms with Crippen LogP contribution in [0.4, 0.5) is 0 Å². The molecular formula is C20H15NO7. The molecule has 0 radical (unpaired) electrons. The number of benzene rings is 1. The van der Waals surface area contributed by atoms with E-state index in [-0.39, 0.29) is 17.7 Å². The molecular weight excluding hydrogens is 366 g/mol. The van der Waals surface area contributed by atoms with E-state index in [4.69, 9.17) is 18.6 Å². The van der Waals surface area contributed by atoms with E-state index in [2.05, 4.69) is 4.98 Å². The normalized spacial score (nSPS) is 17.9. The molecule has 2 aliphatic rings. The maximum Gasteiger partial charge on any atom is 0.343 e. The summed E-state index contributed by atoms with van der Waals surface area (Å²) in [6.45, 7) is 2.47. The molecule has 1 N–H and O–H groups in total. The lowest BCUT2D eigenvalue weighted by Gasteiger charge is -2.23. The number of aromatic amines is 1. The van der Waals surface area contributed by atoms with Crippen molar-refractivity contribution < 1.29 is 23.4 Å². The molecule has 1 atom stereocenters. The lowest BCUT2D eigenvalue weighted by atomic mass is 9.87. The number of carbonyl (C=O) groups is 1. The van der Waals surface area contributed by atoms with E-state index >= 15 is 0 Å². The van der Waals surface area contributed by atoms with E-state index in [0.29, 0.717) is 46.9 Å². The van der Waals surface area contributed by atoms with Crippen molar-refractivity contribution in [2.75, 3.05) is 13.2 Å². The van der Waals surface area contributed by atoms with Crippen LogP contribution < -0.4 is 25.4 Å². The molecule has 8 heteroatoms. The van der Waals surface area contributed by atoms with Crippen LogP contribution in [0.5, 0.6) is 17.2 Å². The number of ether oxygens (including phenoxy) is 3. The van der Waals surface area contributed by atoms with Gasteiger partial charge in [-0.05, 0) is 19.1 Å². The molecule has 0 spiro atoms. The predicted molar refractivity (Wildman–Crippen MR) is 97.4 cm³/mol. The van der Waals surface area contributed by atoms with Crippen molar-refractivity contribution in [1.82, 2.24) is 4.98 Å². The van der Waals surface area contributed by atoms with E-state index in [9.17, 15) is 14.4 Å². The summed E-state index contributed by atoms with van der Waals surface area (Å²) in [5, 5.41) is 0.704. The van der Waals surface area contributed by atoms with Gasteiger partial charge in [-0.3, -0.25) is 9.59 Å². The van der Waals surface area contributed by atoms with Crippen LogP contribution in [0.25, 0.3) is 10.9 Å². The van der Waals surface area contributed by atoms with E-state index in [1.807, 2.05) is 0 Å². The second-order valence-electron chi connectivity index (χ2n) is 6.79. The molecule has 0 bridgehead atoms. The summed E-state index contributed by atoms with van der Waals surface area (Å²) >= 11 is 0. The van der Waals surface area contributed by atoms with Crippen LogP contribution in [-0.2, 0) is 4.79 Å². The number of aryl methyl sites for hydroxylation is 1. The monoisotopic (exact) mass is 381 g/mol. The quantitative estimate of drug-likeness (QED) is 0.642. The summed E-state index contributed by atoms with van der Waals surface area (Å²) in [6, 6.07) is 6.62. The maximum atomic E-state index is 12.8. The van der Waals surface area contributed by atoms with Crippen molar-refractivity contribution >= 4 is 16.9 Å². The fourth-order valence-electron chi connectivity index (χ4n) is 3.71. The summed E-state index contributed by atoms with van der Waals surface area (Å²) < 4.78 is 21.5. The number of carbonyl (C=O) groups excluding carboxylic acids is 1. The number of hydrogen-bond donors (Lipinski definition) is 1. The van der Waals surface area contributed by atoms with Gasteiger partial charge >= 0.3 is 11.6 Å². The minimum absolute atomic E-state index is 0.125. The average Bonchev–Trinajstić information content (AvgIpc) is 2.64. The lowest BCUT2D eigenvalue weighted by Crippen LogP contribution is -2.30. The minimum Gasteiger partial charge on any atom is -0.486 e. The van der Waals surface area contributed by atoms with Gasteiger partial charge in [0.05, 0.1) is 17.5 Å². The third-order valence-electron chi connectivity index (χ3n) is 4.93. The highest BCUT2D eigenvalue weighted by Gasteiger charge is 2.34. The van der Waals surface area contributed by atoms with Crippen molar-refractivity contribution in [2.24, 2.45) is 0 Å². The van der Waals surface area contributed by atoms with E-state index in [1.54, 1.807) is 25.1 Å². The Morgan fingerprint density at radius 1 is 0.964 bits per heavy atom. The second kappa shape index (κ2) is 5.98. The molecule has 0 amide bonds. The number of rotatable bonds is 1. The fraction of sp³-hybridized carbons (Fsp3) is 0.250. The first-order valence-corrected chi connectivity index (χ1v) is 8.81. The van der Waals surface area contributed by atoms with E-state index < -0.39 is 23.1 Å². The van der Waals surface area contributed by atoms with Crippen LogP contribution in [0.1, 0.15) is 29.2 Å². The molecule has 8 nitrogen and oxygen atoms in total. The van der Waals surface area contributed by atoms with Crippen LogP contribution in [0.3, 0.4) is 0 Å². The first kappa shape index (κ1) is 16.6. The number of H-pyrrole nitrogens is 1. The second-order valence-corrected chi connectivity index (χ2v) is 6.79. The van der Waals surface area contributed by atoms with Gasteiger partial charge < -0.3 is 23.6 Å². The zero-order valence-electron chi connectivity index (χ0n) is 14.9. The predicted octanol–water partition coefficient (Wildman–Crippen LogP) is 2.00. The van der Waals surface area contributed by atoms with E-state index in [1.165, 1.54) is 6.07 Å². The molecule has 1 aromatic carbocycles. The molecule has 3 aromatic rings. The number of nitrogens with one attached hydrogen (secondary N) is 1. The fourth-order valence-corrected chi connectivity index (χ4v) is 3.71. The Kier molecular flexibility index (Phi) is 3.55. The van der Waals surface area contributed by atoms with Gasteiger partial charge in [0.25, 0.3) is 5.56 Å². The van der Waals surface area contributed by atoms with Gasteiger partial charge in [-0.25, -0.2) is 4.79 Å². The Morgan fingerprint density at radius 3 is 2.50 bits per heavy atom. The molecule has 28 heavy (non-hydrogen) atoms. The topological polar surface area (TPSA) is 108 Å². The molecule has 4 heterocycles. The van der Waals surface area contributed by atoms with Gasteiger partial charge in [-0.1, -0.05) is 0 Å². The Labute approximate surface area is 157 Å². The Hall–Kier alpha value is -3.55. The minimum atomic E-state index is -0.755. The smallest absolute Gasteiger partial charge is 0.343 e. The van der Waals surface area contributed by atoms with Crippen LogP contribution in [0.15, 0.2) is 38.3 Å². The van der Waals surface area contributed by atoms with Crippen molar-refractivity contribution in [3.05, 3.63) is 61.9 Å². The first-order chi connectivity index (χ1) is 13.5. The molecule has 2 aliphatic heterocycles. The number of fused-ring (bicyclic) bond motifs is 3. The SMILES string of the molecule is Cc1cc2c(c(=O)o1)[C@@H](c1cc3cc4c(cc3[nH]c1=O)OCCO4)CC(=O)O2. The van der Waals surface area contributed by atoms with Crippen molar-refractivity contribution in [3.63, 3.8) is 0 Å². The Bertz CT molecular complexity index is 1250. The molecule has 0 fully saturated rings. The van der Waals surface area contributed by atoms with Gasteiger partial charge in [-0.2, -0.15) is 0 Å². The van der Waals surface area contributed by atoms with Crippen molar-refractivity contribution in [2.45, 2.75) is 19.3 Å². The Morgan fingerprint density at radius 2 is 1.71 bits per heavy atom. The summed E-state index contributed by atoms with van der Waals surface area (Å²) in [6.07, 6.45) is -0.125. The van der Waals surface area contributed by atoms with Crippen molar-refractivity contribution in [3.8, 4) is 17.2 Å². The van der Waals surface area contributed by atoms with Gasteiger partial charge in [0.2, 0.25) is 0 Å². The molecule has 142 valence electrons. The van der Waals surface area contributed by atoms with Gasteiger partial charge in [0, 0.05) is 29.0 Å². The summed E-state index contributed by atoms with van der Waals surface area (Å²) in [4.78, 5) is 40.1. The molecule has 0 unspecified atom stereocenters. The van der Waals surface area contributed by atoms with Crippen LogP contribution in [0, 0.1) is 6.92 Å². The molecule has 0 aliphatic carbocycles. The maximum absolute atomic E-state index is 12.8. The summed E-state index contributed by atoms with van der Waals surface area (Å²) in [5.41, 5.74) is 0.0300. The highest BCUT2D eigenvalue weighted by molar-refractivity contribution is 5.84.